The minimum Gasteiger partial charge on any atom is -0.489 e. The third-order valence-corrected chi connectivity index (χ3v) is 4.88. The smallest absolute Gasteiger partial charge is 0.163 e. The van der Waals surface area contributed by atoms with E-state index < -0.39 is 18.0 Å². The zero-order valence-corrected chi connectivity index (χ0v) is 15.2. The van der Waals surface area contributed by atoms with Crippen LogP contribution in [0.25, 0.3) is 10.9 Å². The van der Waals surface area contributed by atoms with Gasteiger partial charge in [-0.1, -0.05) is 30.4 Å². The van der Waals surface area contributed by atoms with Crippen LogP contribution in [0.2, 0.25) is 0 Å². The maximum Gasteiger partial charge on any atom is 0.163 e. The van der Waals surface area contributed by atoms with Crippen LogP contribution in [-0.2, 0) is 20.8 Å². The predicted octanol–water partition coefficient (Wildman–Crippen LogP) is 3.38. The van der Waals surface area contributed by atoms with Crippen molar-refractivity contribution in [3.05, 3.63) is 60.5 Å². The number of rotatable bonds is 5. The van der Waals surface area contributed by atoms with Crippen molar-refractivity contribution >= 4 is 10.9 Å². The van der Waals surface area contributed by atoms with Gasteiger partial charge in [0.25, 0.3) is 0 Å². The third-order valence-electron chi connectivity index (χ3n) is 4.88. The van der Waals surface area contributed by atoms with Gasteiger partial charge in [-0.2, -0.15) is 0 Å². The first-order valence-corrected chi connectivity index (χ1v) is 8.99. The fourth-order valence-electron chi connectivity index (χ4n) is 3.66. The normalized spacial score (nSPS) is 27.5. The summed E-state index contributed by atoms with van der Waals surface area (Å²) in [7, 11) is 0. The quantitative estimate of drug-likeness (QED) is 0.836. The van der Waals surface area contributed by atoms with Gasteiger partial charge in [0.05, 0.1) is 12.4 Å². The number of ether oxygens (including phenoxy) is 3. The van der Waals surface area contributed by atoms with Gasteiger partial charge >= 0.3 is 0 Å². The van der Waals surface area contributed by atoms with Crippen molar-refractivity contribution in [3.8, 4) is 0 Å². The summed E-state index contributed by atoms with van der Waals surface area (Å²) in [5.74, 6) is 0.118. The monoisotopic (exact) mass is 355 g/mol. The highest BCUT2D eigenvalue weighted by atomic mass is 16.7. The Bertz CT molecular complexity index is 851. The van der Waals surface area contributed by atoms with Crippen LogP contribution in [0, 0.1) is 0 Å². The van der Waals surface area contributed by atoms with E-state index in [1.165, 1.54) is 10.9 Å². The van der Waals surface area contributed by atoms with E-state index in [9.17, 15) is 5.11 Å². The molecule has 0 radical (unpaired) electrons. The molecule has 0 saturated carbocycles. The van der Waals surface area contributed by atoms with Crippen LogP contribution in [0.15, 0.2) is 60.5 Å². The molecule has 0 amide bonds. The molecule has 0 aliphatic carbocycles. The lowest BCUT2D eigenvalue weighted by atomic mass is 10.1. The molecule has 1 aromatic carbocycles. The van der Waals surface area contributed by atoms with Crippen LogP contribution >= 0.6 is 0 Å². The Labute approximate surface area is 153 Å². The van der Waals surface area contributed by atoms with E-state index in [0.29, 0.717) is 19.6 Å². The molecular formula is C21H25NO4. The Balaban J connectivity index is 1.37. The lowest BCUT2D eigenvalue weighted by Gasteiger charge is -2.23. The summed E-state index contributed by atoms with van der Waals surface area (Å²) >= 11 is 0. The average Bonchev–Trinajstić information content (AvgIpc) is 3.25. The minimum absolute atomic E-state index is 0.268. The van der Waals surface area contributed by atoms with E-state index in [4.69, 9.17) is 14.2 Å². The molecule has 2 aliphatic rings. The second-order valence-corrected chi connectivity index (χ2v) is 7.50. The predicted molar refractivity (Wildman–Crippen MR) is 99.6 cm³/mol. The first-order chi connectivity index (χ1) is 12.4. The SMILES string of the molecule is C=C(CC1=C[C@@H](O)[C@@H]([C@H]2COC(C)(C)O2)O1)Cn1ccc2ccccc21. The number of nitrogens with zero attached hydrogens (tertiary/aromatic N) is 1. The number of allylic oxidation sites excluding steroid dienone is 1. The summed E-state index contributed by atoms with van der Waals surface area (Å²) in [6.45, 7) is 9.06. The maximum absolute atomic E-state index is 10.3. The average molecular weight is 355 g/mol. The minimum atomic E-state index is -0.687. The van der Waals surface area contributed by atoms with Gasteiger partial charge < -0.3 is 23.9 Å². The van der Waals surface area contributed by atoms with Crippen LogP contribution in [0.5, 0.6) is 0 Å². The Morgan fingerprint density at radius 1 is 1.31 bits per heavy atom. The largest absolute Gasteiger partial charge is 0.489 e. The second kappa shape index (κ2) is 6.58. The highest BCUT2D eigenvalue weighted by molar-refractivity contribution is 5.79. The van der Waals surface area contributed by atoms with Crippen molar-refractivity contribution in [2.24, 2.45) is 0 Å². The summed E-state index contributed by atoms with van der Waals surface area (Å²) in [5.41, 5.74) is 2.21. The molecule has 138 valence electrons. The Kier molecular flexibility index (Phi) is 4.39. The summed E-state index contributed by atoms with van der Waals surface area (Å²) in [5, 5.41) is 11.5. The van der Waals surface area contributed by atoms with Crippen LogP contribution in [0.3, 0.4) is 0 Å². The molecule has 2 aromatic rings. The molecule has 5 nitrogen and oxygen atoms in total. The van der Waals surface area contributed by atoms with Gasteiger partial charge in [-0.05, 0) is 37.4 Å². The van der Waals surface area contributed by atoms with Gasteiger partial charge in [0.1, 0.15) is 12.2 Å². The zero-order valence-electron chi connectivity index (χ0n) is 15.2. The first-order valence-electron chi connectivity index (χ1n) is 8.99. The number of para-hydroxylation sites is 1. The van der Waals surface area contributed by atoms with E-state index in [1.54, 1.807) is 6.08 Å². The summed E-state index contributed by atoms with van der Waals surface area (Å²) in [6, 6.07) is 10.4. The molecule has 26 heavy (non-hydrogen) atoms. The van der Waals surface area contributed by atoms with E-state index in [-0.39, 0.29) is 6.10 Å². The van der Waals surface area contributed by atoms with Gasteiger partial charge in [0, 0.05) is 24.7 Å². The highest BCUT2D eigenvalue weighted by Crippen LogP contribution is 2.32. The molecule has 2 aliphatic heterocycles. The standard InChI is InChI=1S/C21H25NO4/c1-14(12-22-9-8-15-6-4-5-7-17(15)22)10-16-11-18(23)20(25-16)19-13-24-21(2,3)26-19/h4-9,11,18-20,23H,1,10,12-13H2,2-3H3/t18-,19-,20+/m1/s1. The first kappa shape index (κ1) is 17.3. The summed E-state index contributed by atoms with van der Waals surface area (Å²) in [4.78, 5) is 0. The molecule has 4 rings (SSSR count). The molecule has 0 unspecified atom stereocenters. The van der Waals surface area contributed by atoms with Crippen molar-refractivity contribution in [1.29, 1.82) is 0 Å². The molecule has 1 saturated heterocycles. The fraction of sp³-hybridized carbons (Fsp3) is 0.429. The highest BCUT2D eigenvalue weighted by Gasteiger charge is 2.43. The van der Waals surface area contributed by atoms with Crippen molar-refractivity contribution < 1.29 is 19.3 Å². The number of aliphatic hydroxyl groups is 1. The van der Waals surface area contributed by atoms with Crippen LogP contribution in [0.1, 0.15) is 20.3 Å². The van der Waals surface area contributed by atoms with Gasteiger partial charge in [-0.25, -0.2) is 0 Å². The summed E-state index contributed by atoms with van der Waals surface area (Å²) < 4.78 is 19.5. The Morgan fingerprint density at radius 2 is 2.12 bits per heavy atom. The summed E-state index contributed by atoms with van der Waals surface area (Å²) in [6.07, 6.45) is 3.05. The lowest BCUT2D eigenvalue weighted by molar-refractivity contribution is -0.156. The molecule has 0 bridgehead atoms. The van der Waals surface area contributed by atoms with E-state index >= 15 is 0 Å². The van der Waals surface area contributed by atoms with Gasteiger partial charge in [0.15, 0.2) is 11.9 Å². The number of benzene rings is 1. The Morgan fingerprint density at radius 3 is 2.88 bits per heavy atom. The van der Waals surface area contributed by atoms with E-state index in [0.717, 1.165) is 11.3 Å². The molecule has 1 aromatic heterocycles. The number of fused-ring (bicyclic) bond motifs is 1. The fourth-order valence-corrected chi connectivity index (χ4v) is 3.66. The zero-order chi connectivity index (χ0) is 18.3. The van der Waals surface area contributed by atoms with Crippen LogP contribution in [0.4, 0.5) is 0 Å². The van der Waals surface area contributed by atoms with Gasteiger partial charge in [-0.3, -0.25) is 0 Å². The van der Waals surface area contributed by atoms with Crippen molar-refractivity contribution in [2.45, 2.75) is 50.9 Å². The third kappa shape index (κ3) is 3.43. The van der Waals surface area contributed by atoms with Crippen LogP contribution < -0.4 is 0 Å². The maximum atomic E-state index is 10.3. The van der Waals surface area contributed by atoms with E-state index in [2.05, 4.69) is 35.5 Å². The molecule has 0 spiro atoms. The number of aromatic nitrogens is 1. The molecule has 3 heterocycles. The molecule has 1 N–H and O–H groups in total. The van der Waals surface area contributed by atoms with Gasteiger partial charge in [-0.15, -0.1) is 0 Å². The lowest BCUT2D eigenvalue weighted by Crippen LogP contribution is -2.37. The number of hydrogen-bond donors (Lipinski definition) is 1. The second-order valence-electron chi connectivity index (χ2n) is 7.50. The number of hydrogen-bond acceptors (Lipinski definition) is 4. The molecule has 3 atom stereocenters. The molecular weight excluding hydrogens is 330 g/mol. The Hall–Kier alpha value is -2.08. The van der Waals surface area contributed by atoms with E-state index in [1.807, 2.05) is 26.0 Å². The van der Waals surface area contributed by atoms with Crippen molar-refractivity contribution in [2.75, 3.05) is 6.61 Å². The van der Waals surface area contributed by atoms with Gasteiger partial charge in [0.2, 0.25) is 0 Å². The topological polar surface area (TPSA) is 52.9 Å². The molecule has 5 heteroatoms. The van der Waals surface area contributed by atoms with Crippen LogP contribution in [-0.4, -0.2) is 40.4 Å². The number of aliphatic hydroxyl groups excluding tert-OH is 1. The molecule has 1 fully saturated rings. The van der Waals surface area contributed by atoms with Crippen molar-refractivity contribution in [3.63, 3.8) is 0 Å². The van der Waals surface area contributed by atoms with Crippen molar-refractivity contribution in [1.82, 2.24) is 4.57 Å².